The first kappa shape index (κ1) is 31.9. The number of imidazole rings is 1. The van der Waals surface area contributed by atoms with Crippen molar-refractivity contribution < 1.29 is 9.53 Å². The standard InChI is InChI=1S/C40H42N8O2/c49-40(32-10-11-37-42-17-22-47(37)28-32)44-16-15-41-26-29-24-31-12-14-43-39(38(31)45-27-29)48-21-13-35-34(8-4-9-36(35)48)30-6-3-7-33(25-30)50-23-5-20-46-18-1-2-19-46/h3-4,6-12,14,17,22,24-25,27-28,41H,1-2,5,13,15-16,18-21,23,26H2,(H,44,49). The number of likely N-dealkylation sites (tertiary alicyclic amines) is 1. The van der Waals surface area contributed by atoms with Crippen LogP contribution in [0.1, 0.15) is 40.7 Å². The van der Waals surface area contributed by atoms with Gasteiger partial charge in [0, 0.05) is 74.8 Å². The van der Waals surface area contributed by atoms with E-state index >= 15 is 0 Å². The van der Waals surface area contributed by atoms with Gasteiger partial charge in [-0.05, 0) is 103 Å². The van der Waals surface area contributed by atoms with Crippen molar-refractivity contribution in [2.24, 2.45) is 0 Å². The number of aromatic nitrogens is 4. The third-order valence-corrected chi connectivity index (χ3v) is 9.72. The van der Waals surface area contributed by atoms with Gasteiger partial charge in [-0.1, -0.05) is 24.3 Å². The molecule has 10 nitrogen and oxygen atoms in total. The Hall–Kier alpha value is -5.32. The van der Waals surface area contributed by atoms with Crippen LogP contribution in [0.25, 0.3) is 27.7 Å². The van der Waals surface area contributed by atoms with Crippen molar-refractivity contribution in [1.82, 2.24) is 34.9 Å². The van der Waals surface area contributed by atoms with Crippen molar-refractivity contribution >= 4 is 34.0 Å². The number of fused-ring (bicyclic) bond motifs is 3. The molecule has 254 valence electrons. The molecule has 0 unspecified atom stereocenters. The molecule has 0 bridgehead atoms. The first-order valence-electron chi connectivity index (χ1n) is 17.7. The first-order chi connectivity index (χ1) is 24.7. The Morgan fingerprint density at radius 3 is 2.76 bits per heavy atom. The van der Waals surface area contributed by atoms with E-state index in [1.165, 1.54) is 48.3 Å². The van der Waals surface area contributed by atoms with Crippen LogP contribution in [0.2, 0.25) is 0 Å². The van der Waals surface area contributed by atoms with Gasteiger partial charge in [-0.2, -0.15) is 0 Å². The number of pyridine rings is 3. The fraction of sp³-hybridized carbons (Fsp3) is 0.300. The lowest BCUT2D eigenvalue weighted by atomic mass is 9.97. The summed E-state index contributed by atoms with van der Waals surface area (Å²) in [7, 11) is 0. The summed E-state index contributed by atoms with van der Waals surface area (Å²) < 4.78 is 8.03. The average molecular weight is 667 g/mol. The molecule has 50 heavy (non-hydrogen) atoms. The summed E-state index contributed by atoms with van der Waals surface area (Å²) in [5.41, 5.74) is 8.31. The van der Waals surface area contributed by atoms with Gasteiger partial charge in [-0.25, -0.2) is 9.97 Å². The van der Waals surface area contributed by atoms with Crippen LogP contribution < -0.4 is 20.3 Å². The molecular weight excluding hydrogens is 624 g/mol. The molecule has 10 heteroatoms. The summed E-state index contributed by atoms with van der Waals surface area (Å²) in [5.74, 6) is 1.70. The SMILES string of the molecule is O=C(NCCNCc1cnc2c(N3CCc4c(-c5cccc(OCCCN6CCCC6)c5)cccc43)nccc2c1)c1ccc2nccn2c1. The van der Waals surface area contributed by atoms with Gasteiger partial charge >= 0.3 is 0 Å². The Kier molecular flexibility index (Phi) is 9.36. The van der Waals surface area contributed by atoms with Crippen molar-refractivity contribution in [1.29, 1.82) is 0 Å². The summed E-state index contributed by atoms with van der Waals surface area (Å²) in [6.07, 6.45) is 13.8. The molecule has 1 fully saturated rings. The van der Waals surface area contributed by atoms with E-state index in [1.54, 1.807) is 18.5 Å². The topological polar surface area (TPSA) is 99.9 Å². The summed E-state index contributed by atoms with van der Waals surface area (Å²) in [6, 6.07) is 22.9. The molecule has 2 N–H and O–H groups in total. The summed E-state index contributed by atoms with van der Waals surface area (Å²) in [4.78, 5) is 31.4. The summed E-state index contributed by atoms with van der Waals surface area (Å²) in [5, 5.41) is 7.46. The highest BCUT2D eigenvalue weighted by atomic mass is 16.5. The second-order valence-corrected chi connectivity index (χ2v) is 13.1. The van der Waals surface area contributed by atoms with Crippen molar-refractivity contribution in [3.05, 3.63) is 114 Å². The number of rotatable bonds is 13. The number of nitrogens with zero attached hydrogens (tertiary/aromatic N) is 6. The van der Waals surface area contributed by atoms with E-state index in [9.17, 15) is 4.79 Å². The number of nitrogens with one attached hydrogen (secondary N) is 2. The fourth-order valence-electron chi connectivity index (χ4n) is 7.20. The molecule has 0 atom stereocenters. The molecule has 2 aliphatic heterocycles. The van der Waals surface area contributed by atoms with E-state index in [2.05, 4.69) is 73.9 Å². The molecule has 1 amide bonds. The minimum Gasteiger partial charge on any atom is -0.494 e. The van der Waals surface area contributed by atoms with Gasteiger partial charge in [-0.3, -0.25) is 9.78 Å². The monoisotopic (exact) mass is 666 g/mol. The zero-order valence-corrected chi connectivity index (χ0v) is 28.2. The highest BCUT2D eigenvalue weighted by Gasteiger charge is 2.26. The maximum Gasteiger partial charge on any atom is 0.252 e. The summed E-state index contributed by atoms with van der Waals surface area (Å²) >= 11 is 0. The van der Waals surface area contributed by atoms with Crippen LogP contribution in [0.3, 0.4) is 0 Å². The molecule has 6 heterocycles. The highest BCUT2D eigenvalue weighted by Crippen LogP contribution is 2.41. The zero-order valence-electron chi connectivity index (χ0n) is 28.2. The van der Waals surface area contributed by atoms with Crippen LogP contribution in [0.15, 0.2) is 97.7 Å². The van der Waals surface area contributed by atoms with Crippen molar-refractivity contribution in [2.45, 2.75) is 32.2 Å². The van der Waals surface area contributed by atoms with Gasteiger partial charge in [0.15, 0.2) is 5.82 Å². The molecule has 0 radical (unpaired) electrons. The maximum atomic E-state index is 12.6. The highest BCUT2D eigenvalue weighted by molar-refractivity contribution is 5.94. The smallest absolute Gasteiger partial charge is 0.252 e. The number of carbonyl (C=O) groups is 1. The predicted molar refractivity (Wildman–Crippen MR) is 197 cm³/mol. The van der Waals surface area contributed by atoms with Crippen LogP contribution in [0.5, 0.6) is 5.75 Å². The van der Waals surface area contributed by atoms with Gasteiger partial charge in [0.1, 0.15) is 16.9 Å². The van der Waals surface area contributed by atoms with Crippen molar-refractivity contribution in [3.8, 4) is 16.9 Å². The van der Waals surface area contributed by atoms with Gasteiger partial charge in [-0.15, -0.1) is 0 Å². The van der Waals surface area contributed by atoms with E-state index in [0.717, 1.165) is 66.2 Å². The molecule has 6 aromatic rings. The van der Waals surface area contributed by atoms with E-state index in [0.29, 0.717) is 25.2 Å². The molecule has 2 aromatic carbocycles. The Labute approximate surface area is 292 Å². The predicted octanol–water partition coefficient (Wildman–Crippen LogP) is 6.02. The van der Waals surface area contributed by atoms with Crippen LogP contribution in [-0.4, -0.2) is 76.0 Å². The second kappa shape index (κ2) is 14.7. The Morgan fingerprint density at radius 1 is 0.900 bits per heavy atom. The third kappa shape index (κ3) is 6.90. The number of hydrogen-bond donors (Lipinski definition) is 2. The largest absolute Gasteiger partial charge is 0.494 e. The number of ether oxygens (including phenoxy) is 1. The summed E-state index contributed by atoms with van der Waals surface area (Å²) in [6.45, 7) is 6.95. The van der Waals surface area contributed by atoms with E-state index in [4.69, 9.17) is 14.7 Å². The Bertz CT molecular complexity index is 2120. The van der Waals surface area contributed by atoms with Gasteiger partial charge < -0.3 is 29.6 Å². The van der Waals surface area contributed by atoms with Crippen molar-refractivity contribution in [2.75, 3.05) is 50.8 Å². The number of anilines is 2. The molecule has 0 spiro atoms. The van der Waals surface area contributed by atoms with Gasteiger partial charge in [0.25, 0.3) is 5.91 Å². The molecule has 1 saturated heterocycles. The third-order valence-electron chi connectivity index (χ3n) is 9.72. The maximum absolute atomic E-state index is 12.6. The molecule has 0 saturated carbocycles. The first-order valence-corrected chi connectivity index (χ1v) is 17.7. The molecule has 8 rings (SSSR count). The van der Waals surface area contributed by atoms with E-state index in [1.807, 2.05) is 35.1 Å². The zero-order chi connectivity index (χ0) is 33.7. The Balaban J connectivity index is 0.895. The van der Waals surface area contributed by atoms with Crippen molar-refractivity contribution in [3.63, 3.8) is 0 Å². The van der Waals surface area contributed by atoms with E-state index < -0.39 is 0 Å². The molecule has 4 aromatic heterocycles. The lowest BCUT2D eigenvalue weighted by Crippen LogP contribution is -2.31. The lowest BCUT2D eigenvalue weighted by Gasteiger charge is -2.20. The van der Waals surface area contributed by atoms with Crippen LogP contribution >= 0.6 is 0 Å². The van der Waals surface area contributed by atoms with Gasteiger partial charge in [0.05, 0.1) is 12.2 Å². The Morgan fingerprint density at radius 2 is 1.82 bits per heavy atom. The van der Waals surface area contributed by atoms with Crippen LogP contribution in [-0.2, 0) is 13.0 Å². The molecule has 0 aliphatic carbocycles. The number of benzene rings is 2. The number of carbonyl (C=O) groups excluding carboxylic acids is 1. The minimum absolute atomic E-state index is 0.105. The average Bonchev–Trinajstić information content (AvgIpc) is 3.94. The normalized spacial score (nSPS) is 14.4. The van der Waals surface area contributed by atoms with Gasteiger partial charge in [0.2, 0.25) is 0 Å². The van der Waals surface area contributed by atoms with E-state index in [-0.39, 0.29) is 5.91 Å². The number of amides is 1. The quantitative estimate of drug-likeness (QED) is 0.144. The molecular formula is C40H42N8O2. The van der Waals surface area contributed by atoms with Crippen LogP contribution in [0, 0.1) is 0 Å². The van der Waals surface area contributed by atoms with Crippen LogP contribution in [0.4, 0.5) is 11.5 Å². The minimum atomic E-state index is -0.105. The molecule has 2 aliphatic rings. The number of hydrogen-bond acceptors (Lipinski definition) is 8. The second-order valence-electron chi connectivity index (χ2n) is 13.1. The lowest BCUT2D eigenvalue weighted by molar-refractivity contribution is 0.0953. The fourth-order valence-corrected chi connectivity index (χ4v) is 7.20.